The maximum atomic E-state index is 12.3. The van der Waals surface area contributed by atoms with E-state index in [9.17, 15) is 4.79 Å². The number of hydrogen-bond donors (Lipinski definition) is 1. The summed E-state index contributed by atoms with van der Waals surface area (Å²) in [5.74, 6) is -0.0725. The van der Waals surface area contributed by atoms with E-state index in [4.69, 9.17) is 4.74 Å². The van der Waals surface area contributed by atoms with Gasteiger partial charge in [0.2, 0.25) is 0 Å². The highest BCUT2D eigenvalue weighted by atomic mass is 79.9. The Morgan fingerprint density at radius 3 is 2.22 bits per heavy atom. The van der Waals surface area contributed by atoms with Crippen LogP contribution in [-0.2, 0) is 11.3 Å². The Balaban J connectivity index is 1.96. The van der Waals surface area contributed by atoms with Crippen LogP contribution in [0.1, 0.15) is 48.3 Å². The van der Waals surface area contributed by atoms with Crippen molar-refractivity contribution in [2.24, 2.45) is 0 Å². The summed E-state index contributed by atoms with van der Waals surface area (Å²) >= 11 is 3.41. The highest BCUT2D eigenvalue weighted by Crippen LogP contribution is 2.17. The van der Waals surface area contributed by atoms with Crippen molar-refractivity contribution in [3.8, 4) is 0 Å². The zero-order chi connectivity index (χ0) is 16.8. The monoisotopic (exact) mass is 375 g/mol. The second-order valence-electron chi connectivity index (χ2n) is 5.80. The summed E-state index contributed by atoms with van der Waals surface area (Å²) in [5.41, 5.74) is 2.79. The SMILES string of the molecule is CC(C)OCc1ccc(C(=O)N[C@H](C)c2ccc(Br)cc2)cc1. The van der Waals surface area contributed by atoms with E-state index in [2.05, 4.69) is 21.2 Å². The van der Waals surface area contributed by atoms with Gasteiger partial charge in [-0.1, -0.05) is 40.2 Å². The van der Waals surface area contributed by atoms with Gasteiger partial charge in [-0.15, -0.1) is 0 Å². The Morgan fingerprint density at radius 1 is 1.04 bits per heavy atom. The average molecular weight is 376 g/mol. The minimum Gasteiger partial charge on any atom is -0.374 e. The quantitative estimate of drug-likeness (QED) is 0.782. The Morgan fingerprint density at radius 2 is 1.65 bits per heavy atom. The fourth-order valence-electron chi connectivity index (χ4n) is 2.13. The normalized spacial score (nSPS) is 12.2. The molecule has 0 aliphatic carbocycles. The molecular weight excluding hydrogens is 354 g/mol. The summed E-state index contributed by atoms with van der Waals surface area (Å²) in [7, 11) is 0. The number of benzene rings is 2. The third kappa shape index (κ3) is 5.48. The van der Waals surface area contributed by atoms with Crippen LogP contribution in [0, 0.1) is 0 Å². The number of rotatable bonds is 6. The van der Waals surface area contributed by atoms with E-state index >= 15 is 0 Å². The maximum absolute atomic E-state index is 12.3. The van der Waals surface area contributed by atoms with Gasteiger partial charge in [-0.3, -0.25) is 4.79 Å². The van der Waals surface area contributed by atoms with Crippen LogP contribution in [0.25, 0.3) is 0 Å². The largest absolute Gasteiger partial charge is 0.374 e. The van der Waals surface area contributed by atoms with Gasteiger partial charge >= 0.3 is 0 Å². The second kappa shape index (κ2) is 8.27. The number of amides is 1. The first-order valence-corrected chi connectivity index (χ1v) is 8.52. The van der Waals surface area contributed by atoms with Crippen molar-refractivity contribution in [1.29, 1.82) is 0 Å². The molecular formula is C19H22BrNO2. The number of nitrogens with one attached hydrogen (secondary N) is 1. The van der Waals surface area contributed by atoms with Crippen LogP contribution >= 0.6 is 15.9 Å². The first-order valence-electron chi connectivity index (χ1n) is 7.72. The lowest BCUT2D eigenvalue weighted by Crippen LogP contribution is -2.26. The topological polar surface area (TPSA) is 38.3 Å². The summed E-state index contributed by atoms with van der Waals surface area (Å²) in [4.78, 5) is 12.3. The molecule has 0 aliphatic heterocycles. The van der Waals surface area contributed by atoms with Crippen molar-refractivity contribution in [1.82, 2.24) is 5.32 Å². The van der Waals surface area contributed by atoms with Crippen molar-refractivity contribution in [2.75, 3.05) is 0 Å². The van der Waals surface area contributed by atoms with Crippen molar-refractivity contribution < 1.29 is 9.53 Å². The van der Waals surface area contributed by atoms with E-state index in [0.29, 0.717) is 12.2 Å². The molecule has 1 amide bonds. The lowest BCUT2D eigenvalue weighted by molar-refractivity contribution is 0.0656. The van der Waals surface area contributed by atoms with Gasteiger partial charge in [0.25, 0.3) is 5.91 Å². The van der Waals surface area contributed by atoms with E-state index in [-0.39, 0.29) is 18.1 Å². The Bertz CT molecular complexity index is 635. The molecule has 2 rings (SSSR count). The van der Waals surface area contributed by atoms with Gasteiger partial charge in [0, 0.05) is 10.0 Å². The van der Waals surface area contributed by atoms with Crippen LogP contribution in [0.3, 0.4) is 0 Å². The van der Waals surface area contributed by atoms with Gasteiger partial charge in [-0.05, 0) is 56.2 Å². The third-order valence-corrected chi connectivity index (χ3v) is 4.05. The van der Waals surface area contributed by atoms with Gasteiger partial charge in [0.1, 0.15) is 0 Å². The molecule has 0 fully saturated rings. The van der Waals surface area contributed by atoms with Crippen molar-refractivity contribution in [3.63, 3.8) is 0 Å². The molecule has 0 aliphatic rings. The number of carbonyl (C=O) groups excluding carboxylic acids is 1. The van der Waals surface area contributed by atoms with Crippen LogP contribution < -0.4 is 5.32 Å². The van der Waals surface area contributed by atoms with E-state index in [1.54, 1.807) is 0 Å². The minimum absolute atomic E-state index is 0.0421. The lowest BCUT2D eigenvalue weighted by Gasteiger charge is -2.15. The summed E-state index contributed by atoms with van der Waals surface area (Å²) in [6.07, 6.45) is 0.199. The zero-order valence-electron chi connectivity index (χ0n) is 13.7. The van der Waals surface area contributed by atoms with Crippen LogP contribution in [0.15, 0.2) is 53.0 Å². The summed E-state index contributed by atoms with van der Waals surface area (Å²) in [6, 6.07) is 15.4. The fraction of sp³-hybridized carbons (Fsp3) is 0.316. The Kier molecular flexibility index (Phi) is 6.37. The smallest absolute Gasteiger partial charge is 0.251 e. The number of hydrogen-bond acceptors (Lipinski definition) is 2. The van der Waals surface area contributed by atoms with E-state index < -0.39 is 0 Å². The van der Waals surface area contributed by atoms with Crippen LogP contribution in [0.2, 0.25) is 0 Å². The minimum atomic E-state index is -0.0725. The van der Waals surface area contributed by atoms with Gasteiger partial charge in [-0.25, -0.2) is 0 Å². The van der Waals surface area contributed by atoms with E-state index in [1.165, 1.54) is 0 Å². The van der Waals surface area contributed by atoms with E-state index in [0.717, 1.165) is 15.6 Å². The molecule has 0 spiro atoms. The molecule has 122 valence electrons. The van der Waals surface area contributed by atoms with Gasteiger partial charge in [-0.2, -0.15) is 0 Å². The predicted molar refractivity (Wildman–Crippen MR) is 96.4 cm³/mol. The molecule has 3 nitrogen and oxygen atoms in total. The van der Waals surface area contributed by atoms with Gasteiger partial charge < -0.3 is 10.1 Å². The summed E-state index contributed by atoms with van der Waals surface area (Å²) in [5, 5.41) is 3.02. The van der Waals surface area contributed by atoms with Crippen LogP contribution in [0.4, 0.5) is 0 Å². The first kappa shape index (κ1) is 17.7. The molecule has 0 unspecified atom stereocenters. The second-order valence-corrected chi connectivity index (χ2v) is 6.72. The number of halogens is 1. The molecule has 0 heterocycles. The summed E-state index contributed by atoms with van der Waals surface area (Å²) < 4.78 is 6.58. The maximum Gasteiger partial charge on any atom is 0.251 e. The molecule has 0 saturated heterocycles. The zero-order valence-corrected chi connectivity index (χ0v) is 15.3. The molecule has 23 heavy (non-hydrogen) atoms. The molecule has 2 aromatic rings. The average Bonchev–Trinajstić information content (AvgIpc) is 2.54. The highest BCUT2D eigenvalue weighted by molar-refractivity contribution is 9.10. The van der Waals surface area contributed by atoms with Crippen LogP contribution in [0.5, 0.6) is 0 Å². The molecule has 2 aromatic carbocycles. The number of carbonyl (C=O) groups is 1. The lowest BCUT2D eigenvalue weighted by atomic mass is 10.1. The van der Waals surface area contributed by atoms with Gasteiger partial charge in [0.15, 0.2) is 0 Å². The molecule has 0 radical (unpaired) electrons. The third-order valence-electron chi connectivity index (χ3n) is 3.52. The Labute approximate surface area is 146 Å². The Hall–Kier alpha value is -1.65. The van der Waals surface area contributed by atoms with Crippen LogP contribution in [-0.4, -0.2) is 12.0 Å². The van der Waals surface area contributed by atoms with Crippen molar-refractivity contribution in [2.45, 2.75) is 39.5 Å². The molecule has 1 atom stereocenters. The van der Waals surface area contributed by atoms with E-state index in [1.807, 2.05) is 69.3 Å². The molecule has 0 aromatic heterocycles. The molecule has 0 saturated carbocycles. The number of ether oxygens (including phenoxy) is 1. The molecule has 1 N–H and O–H groups in total. The highest BCUT2D eigenvalue weighted by Gasteiger charge is 2.11. The molecule has 4 heteroatoms. The fourth-order valence-corrected chi connectivity index (χ4v) is 2.39. The standard InChI is InChI=1S/C19H22BrNO2/c1-13(2)23-12-15-4-6-17(7-5-15)19(22)21-14(3)16-8-10-18(20)11-9-16/h4-11,13-14H,12H2,1-3H3,(H,21,22)/t14-/m1/s1. The predicted octanol–water partition coefficient (Wildman–Crippen LogP) is 4.87. The van der Waals surface area contributed by atoms with Gasteiger partial charge in [0.05, 0.1) is 18.8 Å². The first-order chi connectivity index (χ1) is 11.0. The van der Waals surface area contributed by atoms with Crippen molar-refractivity contribution >= 4 is 21.8 Å². The molecule has 0 bridgehead atoms. The van der Waals surface area contributed by atoms with Crippen molar-refractivity contribution in [3.05, 3.63) is 69.7 Å². The summed E-state index contributed by atoms with van der Waals surface area (Å²) in [6.45, 7) is 6.55.